The van der Waals surface area contributed by atoms with E-state index in [-0.39, 0.29) is 11.9 Å². The summed E-state index contributed by atoms with van der Waals surface area (Å²) in [4.78, 5) is 18.7. The van der Waals surface area contributed by atoms with Crippen LogP contribution in [0.5, 0.6) is 0 Å². The number of alkyl halides is 1. The maximum atomic E-state index is 12.4. The molecule has 0 fully saturated rings. The Kier molecular flexibility index (Phi) is 5.37. The SMILES string of the molecule is CCN(C(=O)c1ccc(-c2nc(CCl)cs2)cc1)C(C)C. The Morgan fingerprint density at radius 2 is 2.00 bits per heavy atom. The van der Waals surface area contributed by atoms with E-state index in [1.165, 1.54) is 0 Å². The van der Waals surface area contributed by atoms with E-state index in [2.05, 4.69) is 4.98 Å². The van der Waals surface area contributed by atoms with Crippen LogP contribution in [0.15, 0.2) is 29.6 Å². The van der Waals surface area contributed by atoms with E-state index in [0.29, 0.717) is 18.0 Å². The average molecular weight is 323 g/mol. The molecule has 21 heavy (non-hydrogen) atoms. The molecule has 0 saturated heterocycles. The van der Waals surface area contributed by atoms with E-state index in [4.69, 9.17) is 11.6 Å². The lowest BCUT2D eigenvalue weighted by molar-refractivity contribution is 0.0717. The van der Waals surface area contributed by atoms with E-state index < -0.39 is 0 Å². The monoisotopic (exact) mass is 322 g/mol. The third-order valence-electron chi connectivity index (χ3n) is 3.29. The summed E-state index contributed by atoms with van der Waals surface area (Å²) in [6.07, 6.45) is 0. The minimum absolute atomic E-state index is 0.0691. The van der Waals surface area contributed by atoms with Gasteiger partial charge in [-0.3, -0.25) is 4.79 Å². The Hall–Kier alpha value is -1.39. The molecule has 0 radical (unpaired) electrons. The van der Waals surface area contributed by atoms with Gasteiger partial charge in [0, 0.05) is 29.1 Å². The van der Waals surface area contributed by atoms with Crippen LogP contribution < -0.4 is 0 Å². The van der Waals surface area contributed by atoms with Crippen molar-refractivity contribution in [3.05, 3.63) is 40.9 Å². The van der Waals surface area contributed by atoms with Gasteiger partial charge in [0.05, 0.1) is 11.6 Å². The van der Waals surface area contributed by atoms with Crippen molar-refractivity contribution in [2.75, 3.05) is 6.54 Å². The first-order valence-electron chi connectivity index (χ1n) is 6.98. The van der Waals surface area contributed by atoms with Gasteiger partial charge in [-0.25, -0.2) is 4.98 Å². The van der Waals surface area contributed by atoms with Crippen molar-refractivity contribution in [2.45, 2.75) is 32.7 Å². The fraction of sp³-hybridized carbons (Fsp3) is 0.375. The molecule has 1 aromatic heterocycles. The Morgan fingerprint density at radius 3 is 2.48 bits per heavy atom. The third kappa shape index (κ3) is 3.63. The molecule has 2 rings (SSSR count). The molecule has 5 heteroatoms. The van der Waals surface area contributed by atoms with Crippen molar-refractivity contribution in [1.29, 1.82) is 0 Å². The highest BCUT2D eigenvalue weighted by molar-refractivity contribution is 7.13. The normalized spacial score (nSPS) is 10.9. The molecule has 1 heterocycles. The summed E-state index contributed by atoms with van der Waals surface area (Å²) in [6, 6.07) is 7.82. The van der Waals surface area contributed by atoms with E-state index in [1.54, 1.807) is 11.3 Å². The van der Waals surface area contributed by atoms with Gasteiger partial charge in [-0.05, 0) is 32.9 Å². The molecule has 0 unspecified atom stereocenters. The van der Waals surface area contributed by atoms with E-state index in [9.17, 15) is 4.79 Å². The second kappa shape index (κ2) is 7.05. The number of rotatable bonds is 5. The van der Waals surface area contributed by atoms with Crippen LogP contribution in [-0.4, -0.2) is 28.4 Å². The zero-order chi connectivity index (χ0) is 15.4. The van der Waals surface area contributed by atoms with Gasteiger partial charge in [0.15, 0.2) is 0 Å². The lowest BCUT2D eigenvalue weighted by atomic mass is 10.1. The quantitative estimate of drug-likeness (QED) is 0.763. The van der Waals surface area contributed by atoms with Crippen LogP contribution >= 0.6 is 22.9 Å². The van der Waals surface area contributed by atoms with Crippen molar-refractivity contribution < 1.29 is 4.79 Å². The summed E-state index contributed by atoms with van der Waals surface area (Å²) < 4.78 is 0. The first kappa shape index (κ1) is 16.0. The van der Waals surface area contributed by atoms with Gasteiger partial charge in [0.25, 0.3) is 5.91 Å². The number of hydrogen-bond donors (Lipinski definition) is 0. The zero-order valence-electron chi connectivity index (χ0n) is 12.5. The molecule has 112 valence electrons. The summed E-state index contributed by atoms with van der Waals surface area (Å²) in [7, 11) is 0. The van der Waals surface area contributed by atoms with Crippen LogP contribution in [0.3, 0.4) is 0 Å². The van der Waals surface area contributed by atoms with Crippen LogP contribution in [0.4, 0.5) is 0 Å². The van der Waals surface area contributed by atoms with Gasteiger partial charge in [0.2, 0.25) is 0 Å². The molecule has 0 spiro atoms. The number of thiazole rings is 1. The first-order chi connectivity index (χ1) is 10.1. The number of amides is 1. The van der Waals surface area contributed by atoms with Crippen LogP contribution in [-0.2, 0) is 5.88 Å². The minimum atomic E-state index is 0.0691. The Morgan fingerprint density at radius 1 is 1.33 bits per heavy atom. The molecule has 0 N–H and O–H groups in total. The molecular formula is C16H19ClN2OS. The molecule has 0 atom stereocenters. The lowest BCUT2D eigenvalue weighted by Gasteiger charge is -2.25. The van der Waals surface area contributed by atoms with Gasteiger partial charge in [-0.15, -0.1) is 22.9 Å². The van der Waals surface area contributed by atoms with Crippen molar-refractivity contribution in [3.8, 4) is 10.6 Å². The summed E-state index contributed by atoms with van der Waals surface area (Å²) in [5.41, 5.74) is 2.61. The van der Waals surface area contributed by atoms with E-state index in [1.807, 2.05) is 55.3 Å². The topological polar surface area (TPSA) is 33.2 Å². The average Bonchev–Trinajstić information content (AvgIpc) is 2.96. The van der Waals surface area contributed by atoms with E-state index >= 15 is 0 Å². The smallest absolute Gasteiger partial charge is 0.254 e. The Bertz CT molecular complexity index is 607. The van der Waals surface area contributed by atoms with Crippen LogP contribution in [0, 0.1) is 0 Å². The van der Waals surface area contributed by atoms with Gasteiger partial charge < -0.3 is 4.90 Å². The Balaban J connectivity index is 2.20. The predicted molar refractivity (Wildman–Crippen MR) is 89.0 cm³/mol. The summed E-state index contributed by atoms with van der Waals surface area (Å²) in [6.45, 7) is 6.76. The van der Waals surface area contributed by atoms with Crippen LogP contribution in [0.1, 0.15) is 36.8 Å². The number of carbonyl (C=O) groups excluding carboxylic acids is 1. The summed E-state index contributed by atoms with van der Waals surface area (Å²) in [5, 5.41) is 2.89. The van der Waals surface area contributed by atoms with Gasteiger partial charge >= 0.3 is 0 Å². The van der Waals surface area contributed by atoms with Crippen LogP contribution in [0.25, 0.3) is 10.6 Å². The molecule has 0 aliphatic rings. The van der Waals surface area contributed by atoms with Crippen molar-refractivity contribution in [1.82, 2.24) is 9.88 Å². The molecule has 2 aromatic rings. The Labute approximate surface area is 134 Å². The highest BCUT2D eigenvalue weighted by Crippen LogP contribution is 2.25. The summed E-state index contributed by atoms with van der Waals surface area (Å²) in [5.74, 6) is 0.493. The maximum Gasteiger partial charge on any atom is 0.254 e. The van der Waals surface area contributed by atoms with Crippen LogP contribution in [0.2, 0.25) is 0 Å². The fourth-order valence-corrected chi connectivity index (χ4v) is 3.22. The summed E-state index contributed by atoms with van der Waals surface area (Å²) >= 11 is 7.34. The zero-order valence-corrected chi connectivity index (χ0v) is 14.0. The highest BCUT2D eigenvalue weighted by atomic mass is 35.5. The number of hydrogen-bond acceptors (Lipinski definition) is 3. The van der Waals surface area contributed by atoms with Gasteiger partial charge in [0.1, 0.15) is 5.01 Å². The fourth-order valence-electron chi connectivity index (χ4n) is 2.17. The standard InChI is InChI=1S/C16H19ClN2OS/c1-4-19(11(2)3)16(20)13-7-5-12(6-8-13)15-18-14(9-17)10-21-15/h5-8,10-11H,4,9H2,1-3H3. The molecule has 1 aromatic carbocycles. The number of benzene rings is 1. The molecule has 0 aliphatic heterocycles. The number of nitrogens with zero attached hydrogens (tertiary/aromatic N) is 2. The highest BCUT2D eigenvalue weighted by Gasteiger charge is 2.17. The number of aromatic nitrogens is 1. The maximum absolute atomic E-state index is 12.4. The van der Waals surface area contributed by atoms with Gasteiger partial charge in [-0.1, -0.05) is 12.1 Å². The molecule has 0 saturated carbocycles. The van der Waals surface area contributed by atoms with Crippen molar-refractivity contribution in [2.24, 2.45) is 0 Å². The minimum Gasteiger partial charge on any atom is -0.337 e. The van der Waals surface area contributed by atoms with E-state index in [0.717, 1.165) is 16.3 Å². The molecule has 0 bridgehead atoms. The third-order valence-corrected chi connectivity index (χ3v) is 4.51. The molecule has 0 aliphatic carbocycles. The van der Waals surface area contributed by atoms with Crippen molar-refractivity contribution >= 4 is 28.8 Å². The second-order valence-electron chi connectivity index (χ2n) is 5.04. The first-order valence-corrected chi connectivity index (χ1v) is 8.40. The lowest BCUT2D eigenvalue weighted by Crippen LogP contribution is -2.36. The second-order valence-corrected chi connectivity index (χ2v) is 6.17. The number of halogens is 1. The molecule has 1 amide bonds. The van der Waals surface area contributed by atoms with Gasteiger partial charge in [-0.2, -0.15) is 0 Å². The largest absolute Gasteiger partial charge is 0.337 e. The predicted octanol–water partition coefficient (Wildman–Crippen LogP) is 4.42. The van der Waals surface area contributed by atoms with Crippen molar-refractivity contribution in [3.63, 3.8) is 0 Å². The molecular weight excluding hydrogens is 304 g/mol. The molecule has 3 nitrogen and oxygen atoms in total. The number of carbonyl (C=O) groups is 1.